The molecule has 0 unspecified atom stereocenters. The Morgan fingerprint density at radius 2 is 1.86 bits per heavy atom. The number of rotatable bonds is 2. The quantitative estimate of drug-likeness (QED) is 0.844. The zero-order valence-electron chi connectivity index (χ0n) is 11.0. The second-order valence-corrected chi connectivity index (χ2v) is 6.58. The van der Waals surface area contributed by atoms with Crippen LogP contribution in [-0.4, -0.2) is 38.9 Å². The van der Waals surface area contributed by atoms with Crippen molar-refractivity contribution in [2.45, 2.75) is 17.5 Å². The molecule has 4 nitrogen and oxygen atoms in total. The van der Waals surface area contributed by atoms with Crippen LogP contribution >= 0.6 is 0 Å². The summed E-state index contributed by atoms with van der Waals surface area (Å²) in [7, 11) is -3.98. The molecule has 118 valence electrons. The van der Waals surface area contributed by atoms with Crippen LogP contribution in [0.15, 0.2) is 23.1 Å². The summed E-state index contributed by atoms with van der Waals surface area (Å²) in [5.74, 6) is -1.59. The SMILES string of the molecule is O=S(=O)(c1ccc(C(F)(F)F)c(F)c1)N1CCCNCC1. The van der Waals surface area contributed by atoms with Crippen LogP contribution in [0.5, 0.6) is 0 Å². The highest BCUT2D eigenvalue weighted by Crippen LogP contribution is 2.32. The Morgan fingerprint density at radius 1 is 1.14 bits per heavy atom. The average Bonchev–Trinajstić information content (AvgIpc) is 2.66. The Balaban J connectivity index is 2.34. The molecule has 0 aromatic heterocycles. The second-order valence-electron chi connectivity index (χ2n) is 4.65. The molecule has 2 rings (SSSR count). The smallest absolute Gasteiger partial charge is 0.315 e. The molecule has 1 aliphatic heterocycles. The van der Waals surface area contributed by atoms with E-state index in [1.165, 1.54) is 0 Å². The van der Waals surface area contributed by atoms with Crippen molar-refractivity contribution in [3.63, 3.8) is 0 Å². The Labute approximate surface area is 119 Å². The Bertz CT molecular complexity index is 608. The highest BCUT2D eigenvalue weighted by atomic mass is 32.2. The number of benzene rings is 1. The van der Waals surface area contributed by atoms with Gasteiger partial charge in [0.15, 0.2) is 0 Å². The zero-order chi connectivity index (χ0) is 15.7. The van der Waals surface area contributed by atoms with E-state index in [9.17, 15) is 26.0 Å². The van der Waals surface area contributed by atoms with Crippen molar-refractivity contribution in [3.05, 3.63) is 29.6 Å². The second kappa shape index (κ2) is 5.90. The molecule has 0 saturated carbocycles. The lowest BCUT2D eigenvalue weighted by atomic mass is 10.2. The highest BCUT2D eigenvalue weighted by Gasteiger charge is 2.35. The molecule has 1 aliphatic rings. The van der Waals surface area contributed by atoms with E-state index in [4.69, 9.17) is 0 Å². The summed E-state index contributed by atoms with van der Waals surface area (Å²) in [6, 6.07) is 1.67. The Kier molecular flexibility index (Phi) is 4.54. The summed E-state index contributed by atoms with van der Waals surface area (Å²) >= 11 is 0. The van der Waals surface area contributed by atoms with Crippen molar-refractivity contribution in [1.82, 2.24) is 9.62 Å². The molecule has 1 saturated heterocycles. The zero-order valence-corrected chi connectivity index (χ0v) is 11.8. The van der Waals surface area contributed by atoms with Gasteiger partial charge in [0, 0.05) is 19.6 Å². The van der Waals surface area contributed by atoms with E-state index in [2.05, 4.69) is 5.32 Å². The van der Waals surface area contributed by atoms with Gasteiger partial charge >= 0.3 is 6.18 Å². The van der Waals surface area contributed by atoms with Crippen LogP contribution in [0.3, 0.4) is 0 Å². The van der Waals surface area contributed by atoms with Gasteiger partial charge in [-0.15, -0.1) is 0 Å². The van der Waals surface area contributed by atoms with Crippen LogP contribution in [0.1, 0.15) is 12.0 Å². The van der Waals surface area contributed by atoms with Crippen LogP contribution in [0.4, 0.5) is 17.6 Å². The molecule has 1 fully saturated rings. The maximum absolute atomic E-state index is 13.5. The molecule has 1 N–H and O–H groups in total. The molecule has 0 radical (unpaired) electrons. The Hall–Kier alpha value is -1.19. The minimum atomic E-state index is -4.85. The van der Waals surface area contributed by atoms with E-state index >= 15 is 0 Å². The third-order valence-electron chi connectivity index (χ3n) is 3.18. The first-order valence-corrected chi connectivity index (χ1v) is 7.74. The first-order chi connectivity index (χ1) is 9.73. The predicted molar refractivity (Wildman–Crippen MR) is 67.6 cm³/mol. The maximum atomic E-state index is 13.5. The van der Waals surface area contributed by atoms with E-state index in [0.717, 1.165) is 10.4 Å². The third-order valence-corrected chi connectivity index (χ3v) is 5.08. The van der Waals surface area contributed by atoms with Crippen LogP contribution in [0.2, 0.25) is 0 Å². The van der Waals surface area contributed by atoms with Gasteiger partial charge in [-0.05, 0) is 31.2 Å². The normalized spacial score (nSPS) is 18.5. The lowest BCUT2D eigenvalue weighted by Crippen LogP contribution is -2.34. The molecule has 1 aromatic carbocycles. The number of hydrogen-bond donors (Lipinski definition) is 1. The molecule has 0 aliphatic carbocycles. The van der Waals surface area contributed by atoms with Gasteiger partial charge in [0.25, 0.3) is 0 Å². The fourth-order valence-corrected chi connectivity index (χ4v) is 3.59. The summed E-state index contributed by atoms with van der Waals surface area (Å²) in [6.45, 7) is 1.55. The first kappa shape index (κ1) is 16.2. The molecule has 9 heteroatoms. The maximum Gasteiger partial charge on any atom is 0.419 e. The van der Waals surface area contributed by atoms with Crippen LogP contribution in [0.25, 0.3) is 0 Å². The monoisotopic (exact) mass is 326 g/mol. The van der Waals surface area contributed by atoms with E-state index in [-0.39, 0.29) is 13.1 Å². The number of alkyl halides is 3. The summed E-state index contributed by atoms with van der Waals surface area (Å²) in [6.07, 6.45) is -4.26. The van der Waals surface area contributed by atoms with Crippen LogP contribution in [-0.2, 0) is 16.2 Å². The molecule has 1 heterocycles. The van der Waals surface area contributed by atoms with E-state index < -0.39 is 32.5 Å². The van der Waals surface area contributed by atoms with Gasteiger partial charge in [0.2, 0.25) is 10.0 Å². The van der Waals surface area contributed by atoms with Crippen molar-refractivity contribution < 1.29 is 26.0 Å². The van der Waals surface area contributed by atoms with Crippen molar-refractivity contribution in [3.8, 4) is 0 Å². The van der Waals surface area contributed by atoms with Crippen LogP contribution < -0.4 is 5.32 Å². The first-order valence-electron chi connectivity index (χ1n) is 6.30. The van der Waals surface area contributed by atoms with Gasteiger partial charge in [0.1, 0.15) is 5.82 Å². The molecular formula is C12H14F4N2O2S. The van der Waals surface area contributed by atoms with Crippen molar-refractivity contribution >= 4 is 10.0 Å². The molecule has 21 heavy (non-hydrogen) atoms. The summed E-state index contributed by atoms with van der Waals surface area (Å²) in [5, 5.41) is 3.01. The van der Waals surface area contributed by atoms with Gasteiger partial charge < -0.3 is 5.32 Å². The predicted octanol–water partition coefficient (Wildman–Crippen LogP) is 1.83. The van der Waals surface area contributed by atoms with Crippen LogP contribution in [0, 0.1) is 5.82 Å². The average molecular weight is 326 g/mol. The van der Waals surface area contributed by atoms with Gasteiger partial charge in [0.05, 0.1) is 10.5 Å². The Morgan fingerprint density at radius 3 is 2.48 bits per heavy atom. The highest BCUT2D eigenvalue weighted by molar-refractivity contribution is 7.89. The third kappa shape index (κ3) is 3.53. The van der Waals surface area contributed by atoms with Crippen molar-refractivity contribution in [2.75, 3.05) is 26.2 Å². The molecule has 0 atom stereocenters. The number of sulfonamides is 1. The molecule has 0 bridgehead atoms. The number of nitrogens with zero attached hydrogens (tertiary/aromatic N) is 1. The minimum Gasteiger partial charge on any atom is -0.315 e. The lowest BCUT2D eigenvalue weighted by molar-refractivity contribution is -0.140. The van der Waals surface area contributed by atoms with E-state index in [1.54, 1.807) is 0 Å². The van der Waals surface area contributed by atoms with Gasteiger partial charge in [-0.1, -0.05) is 0 Å². The lowest BCUT2D eigenvalue weighted by Gasteiger charge is -2.20. The van der Waals surface area contributed by atoms with Gasteiger partial charge in [-0.25, -0.2) is 12.8 Å². The summed E-state index contributed by atoms with van der Waals surface area (Å²) < 4.78 is 76.7. The van der Waals surface area contributed by atoms with E-state index in [1.807, 2.05) is 0 Å². The van der Waals surface area contributed by atoms with Crippen molar-refractivity contribution in [2.24, 2.45) is 0 Å². The van der Waals surface area contributed by atoms with Gasteiger partial charge in [-0.2, -0.15) is 17.5 Å². The molecule has 1 aromatic rings. The topological polar surface area (TPSA) is 49.4 Å². The fraction of sp³-hybridized carbons (Fsp3) is 0.500. The van der Waals surface area contributed by atoms with Crippen molar-refractivity contribution in [1.29, 1.82) is 0 Å². The summed E-state index contributed by atoms with van der Waals surface area (Å²) in [4.78, 5) is -0.463. The molecule has 0 spiro atoms. The summed E-state index contributed by atoms with van der Waals surface area (Å²) in [5.41, 5.74) is -1.47. The number of nitrogens with one attached hydrogen (secondary N) is 1. The molecular weight excluding hydrogens is 312 g/mol. The largest absolute Gasteiger partial charge is 0.419 e. The number of hydrogen-bond acceptors (Lipinski definition) is 3. The fourth-order valence-electron chi connectivity index (χ4n) is 2.10. The van der Waals surface area contributed by atoms with E-state index in [0.29, 0.717) is 31.6 Å². The standard InChI is InChI=1S/C12H14F4N2O2S/c13-11-8-9(2-3-10(11)12(14,15)16)21(19,20)18-6-1-4-17-5-7-18/h2-3,8,17H,1,4-7H2. The minimum absolute atomic E-state index is 0.199. The van der Waals surface area contributed by atoms with Gasteiger partial charge in [-0.3, -0.25) is 0 Å². The molecule has 0 amide bonds. The number of halogens is 4.